The molecule has 7 nitrogen and oxygen atoms in total. The number of aryl methyl sites for hydroxylation is 2. The molecule has 144 valence electrons. The lowest BCUT2D eigenvalue weighted by Crippen LogP contribution is -2.33. The number of amides is 1. The summed E-state index contributed by atoms with van der Waals surface area (Å²) in [6.45, 7) is 7.15. The Bertz CT molecular complexity index is 831. The van der Waals surface area contributed by atoms with Crippen LogP contribution < -0.4 is 0 Å². The van der Waals surface area contributed by atoms with Gasteiger partial charge in [-0.15, -0.1) is 0 Å². The third-order valence-corrected chi connectivity index (χ3v) is 5.19. The molecule has 27 heavy (non-hydrogen) atoms. The maximum Gasteiger partial charge on any atom is 0.309 e. The van der Waals surface area contributed by atoms with Crippen LogP contribution in [0.3, 0.4) is 0 Å². The van der Waals surface area contributed by atoms with Crippen LogP contribution in [0.1, 0.15) is 40.7 Å². The van der Waals surface area contributed by atoms with Crippen molar-refractivity contribution in [2.45, 2.75) is 33.7 Å². The number of nitrogens with zero attached hydrogens (tertiary/aromatic N) is 4. The molecule has 7 heteroatoms. The van der Waals surface area contributed by atoms with Crippen LogP contribution in [0.2, 0.25) is 0 Å². The van der Waals surface area contributed by atoms with Crippen molar-refractivity contribution in [2.24, 2.45) is 18.9 Å². The number of rotatable bonds is 7. The van der Waals surface area contributed by atoms with Crippen LogP contribution in [-0.2, 0) is 23.1 Å². The van der Waals surface area contributed by atoms with Gasteiger partial charge in [-0.2, -0.15) is 5.10 Å². The Hall–Kier alpha value is -2.70. The van der Waals surface area contributed by atoms with Gasteiger partial charge in [-0.05, 0) is 45.2 Å². The molecule has 0 N–H and O–H groups in total. The topological polar surface area (TPSA) is 77.3 Å². The molecule has 1 aliphatic carbocycles. The first kappa shape index (κ1) is 19.1. The van der Waals surface area contributed by atoms with Crippen molar-refractivity contribution in [3.8, 4) is 0 Å². The van der Waals surface area contributed by atoms with Gasteiger partial charge in [0.2, 0.25) is 0 Å². The van der Waals surface area contributed by atoms with E-state index in [2.05, 4.69) is 10.1 Å². The Morgan fingerprint density at radius 3 is 2.59 bits per heavy atom. The first-order valence-corrected chi connectivity index (χ1v) is 9.27. The molecule has 0 saturated heterocycles. The van der Waals surface area contributed by atoms with E-state index in [1.807, 2.05) is 37.4 Å². The maximum atomic E-state index is 13.1. The Labute approximate surface area is 159 Å². The lowest BCUT2D eigenvalue weighted by atomic mass is 10.1. The number of carbonyl (C=O) groups excluding carboxylic acids is 2. The predicted molar refractivity (Wildman–Crippen MR) is 99.9 cm³/mol. The van der Waals surface area contributed by atoms with Crippen molar-refractivity contribution in [1.82, 2.24) is 19.7 Å². The third-order valence-electron chi connectivity index (χ3n) is 5.19. The van der Waals surface area contributed by atoms with Gasteiger partial charge in [-0.1, -0.05) is 0 Å². The van der Waals surface area contributed by atoms with Crippen molar-refractivity contribution < 1.29 is 14.3 Å². The number of hydrogen-bond acceptors (Lipinski definition) is 5. The predicted octanol–water partition coefficient (Wildman–Crippen LogP) is 2.27. The highest BCUT2D eigenvalue weighted by Gasteiger charge is 2.45. The summed E-state index contributed by atoms with van der Waals surface area (Å²) in [6.07, 6.45) is 4.00. The maximum absolute atomic E-state index is 13.1. The Morgan fingerprint density at radius 2 is 2.00 bits per heavy atom. The standard InChI is InChI=1S/C20H26N4O3/c1-5-27-20(26)17-10-16(17)11-24(19(25)15-6-8-21-9-7-15)12-18-13(2)22-23(4)14(18)3/h6-9,16-17H,5,10-12H2,1-4H3/t16-,17-/m0/s1. The number of carbonyl (C=O) groups is 2. The van der Waals surface area contributed by atoms with E-state index in [0.717, 1.165) is 23.4 Å². The molecular weight excluding hydrogens is 344 g/mol. The average molecular weight is 370 g/mol. The zero-order chi connectivity index (χ0) is 19.6. The normalized spacial score (nSPS) is 18.2. The van der Waals surface area contributed by atoms with Crippen LogP contribution in [0.4, 0.5) is 0 Å². The van der Waals surface area contributed by atoms with Crippen molar-refractivity contribution >= 4 is 11.9 Å². The molecule has 0 radical (unpaired) electrons. The summed E-state index contributed by atoms with van der Waals surface area (Å²) >= 11 is 0. The minimum atomic E-state index is -0.160. The molecule has 3 rings (SSSR count). The first-order chi connectivity index (χ1) is 12.9. The molecule has 1 fully saturated rings. The summed E-state index contributed by atoms with van der Waals surface area (Å²) in [6, 6.07) is 3.43. The first-order valence-electron chi connectivity index (χ1n) is 9.27. The molecular formula is C20H26N4O3. The number of hydrogen-bond donors (Lipinski definition) is 0. The van der Waals surface area contributed by atoms with Crippen molar-refractivity contribution in [2.75, 3.05) is 13.2 Å². The fourth-order valence-electron chi connectivity index (χ4n) is 3.40. The van der Waals surface area contributed by atoms with Crippen molar-refractivity contribution in [3.05, 3.63) is 47.0 Å². The second-order valence-electron chi connectivity index (χ2n) is 7.05. The van der Waals surface area contributed by atoms with E-state index in [9.17, 15) is 9.59 Å². The fraction of sp³-hybridized carbons (Fsp3) is 0.500. The van der Waals surface area contributed by atoms with Crippen LogP contribution in [0.25, 0.3) is 0 Å². The van der Waals surface area contributed by atoms with Gasteiger partial charge in [0, 0.05) is 49.4 Å². The number of ether oxygens (including phenoxy) is 1. The zero-order valence-corrected chi connectivity index (χ0v) is 16.3. The summed E-state index contributed by atoms with van der Waals surface area (Å²) < 4.78 is 6.95. The van der Waals surface area contributed by atoms with E-state index >= 15 is 0 Å². The summed E-state index contributed by atoms with van der Waals surface area (Å²) in [4.78, 5) is 30.9. The molecule has 0 aliphatic heterocycles. The van der Waals surface area contributed by atoms with Crippen LogP contribution in [-0.4, -0.2) is 44.7 Å². The van der Waals surface area contributed by atoms with Crippen LogP contribution in [0.5, 0.6) is 0 Å². The van der Waals surface area contributed by atoms with Crippen molar-refractivity contribution in [3.63, 3.8) is 0 Å². The largest absolute Gasteiger partial charge is 0.466 e. The minimum absolute atomic E-state index is 0.0606. The van der Waals surface area contributed by atoms with Gasteiger partial charge >= 0.3 is 5.97 Å². The molecule has 0 unspecified atom stereocenters. The van der Waals surface area contributed by atoms with E-state index in [-0.39, 0.29) is 23.7 Å². The average Bonchev–Trinajstić information content (AvgIpc) is 3.39. The van der Waals surface area contributed by atoms with Gasteiger partial charge in [0.15, 0.2) is 0 Å². The Balaban J connectivity index is 1.79. The monoisotopic (exact) mass is 370 g/mol. The minimum Gasteiger partial charge on any atom is -0.466 e. The van der Waals surface area contributed by atoms with E-state index in [4.69, 9.17) is 4.74 Å². The highest BCUT2D eigenvalue weighted by Crippen LogP contribution is 2.40. The van der Waals surface area contributed by atoms with Gasteiger partial charge in [0.05, 0.1) is 18.2 Å². The smallest absolute Gasteiger partial charge is 0.309 e. The fourth-order valence-corrected chi connectivity index (χ4v) is 3.40. The van der Waals surface area contributed by atoms with Crippen LogP contribution in [0, 0.1) is 25.7 Å². The van der Waals surface area contributed by atoms with E-state index in [1.165, 1.54) is 0 Å². The molecule has 2 atom stereocenters. The van der Waals surface area contributed by atoms with Gasteiger partial charge in [-0.3, -0.25) is 19.3 Å². The van der Waals surface area contributed by atoms with Crippen LogP contribution in [0.15, 0.2) is 24.5 Å². The number of esters is 1. The van der Waals surface area contributed by atoms with Crippen molar-refractivity contribution in [1.29, 1.82) is 0 Å². The number of aromatic nitrogens is 3. The number of pyridine rings is 1. The summed E-state index contributed by atoms with van der Waals surface area (Å²) in [5, 5.41) is 4.45. The van der Waals surface area contributed by atoms with Gasteiger partial charge in [-0.25, -0.2) is 0 Å². The molecule has 1 amide bonds. The Kier molecular flexibility index (Phi) is 5.58. The van der Waals surface area contributed by atoms with Crippen LogP contribution >= 0.6 is 0 Å². The second-order valence-corrected chi connectivity index (χ2v) is 7.05. The summed E-state index contributed by atoms with van der Waals surface area (Å²) in [7, 11) is 1.90. The molecule has 0 bridgehead atoms. The molecule has 1 saturated carbocycles. The molecule has 0 spiro atoms. The third kappa shape index (κ3) is 4.18. The SMILES string of the molecule is CCOC(=O)[C@H]1C[C@H]1CN(Cc1c(C)nn(C)c1C)C(=O)c1ccncc1. The lowest BCUT2D eigenvalue weighted by Gasteiger charge is -2.23. The van der Waals surface area contributed by atoms with Gasteiger partial charge < -0.3 is 9.64 Å². The lowest BCUT2D eigenvalue weighted by molar-refractivity contribution is -0.145. The van der Waals surface area contributed by atoms with E-state index < -0.39 is 0 Å². The highest BCUT2D eigenvalue weighted by molar-refractivity contribution is 5.94. The zero-order valence-electron chi connectivity index (χ0n) is 16.3. The quantitative estimate of drug-likeness (QED) is 0.699. The Morgan fingerprint density at radius 1 is 1.30 bits per heavy atom. The van der Waals surface area contributed by atoms with Gasteiger partial charge in [0.25, 0.3) is 5.91 Å². The summed E-state index contributed by atoms with van der Waals surface area (Å²) in [5.41, 5.74) is 3.60. The molecule has 2 aromatic heterocycles. The molecule has 2 aromatic rings. The van der Waals surface area contributed by atoms with E-state index in [0.29, 0.717) is 25.3 Å². The molecule has 1 aliphatic rings. The highest BCUT2D eigenvalue weighted by atomic mass is 16.5. The van der Waals surface area contributed by atoms with Gasteiger partial charge in [0.1, 0.15) is 0 Å². The van der Waals surface area contributed by atoms with E-state index in [1.54, 1.807) is 24.5 Å². The second kappa shape index (κ2) is 7.90. The molecule has 2 heterocycles. The summed E-state index contributed by atoms with van der Waals surface area (Å²) in [5.74, 6) is -0.178. The molecule has 0 aromatic carbocycles.